The molecule has 0 aromatic rings. The Kier molecular flexibility index (Phi) is 6.11. The van der Waals surface area contributed by atoms with Gasteiger partial charge in [-0.25, -0.2) is 4.79 Å². The summed E-state index contributed by atoms with van der Waals surface area (Å²) in [5.41, 5.74) is -0.433. The number of carbonyl (C=O) groups excluding carboxylic acids is 1. The van der Waals surface area contributed by atoms with Crippen molar-refractivity contribution in [1.29, 1.82) is 0 Å². The van der Waals surface area contributed by atoms with Gasteiger partial charge in [0.2, 0.25) is 0 Å². The lowest BCUT2D eigenvalue weighted by Gasteiger charge is -2.26. The molecule has 1 rings (SSSR count). The van der Waals surface area contributed by atoms with Crippen LogP contribution in [0.15, 0.2) is 0 Å². The summed E-state index contributed by atoms with van der Waals surface area (Å²) in [6.45, 7) is 10.6. The highest BCUT2D eigenvalue weighted by Crippen LogP contribution is 2.27. The number of rotatable bonds is 5. The molecule has 0 aromatic heterocycles. The molecule has 0 aliphatic heterocycles. The summed E-state index contributed by atoms with van der Waals surface area (Å²) in [6.07, 6.45) is 5.05. The Hall–Kier alpha value is -0.770. The van der Waals surface area contributed by atoms with E-state index in [0.717, 1.165) is 5.92 Å². The van der Waals surface area contributed by atoms with Crippen LogP contribution in [0.5, 0.6) is 0 Å². The van der Waals surface area contributed by atoms with Crippen molar-refractivity contribution in [1.82, 2.24) is 10.6 Å². The fraction of sp³-hybridized carbons (Fsp3) is 0.933. The highest BCUT2D eigenvalue weighted by Gasteiger charge is 2.23. The van der Waals surface area contributed by atoms with Crippen LogP contribution in [-0.2, 0) is 4.74 Å². The van der Waals surface area contributed by atoms with Crippen LogP contribution in [-0.4, -0.2) is 30.3 Å². The molecule has 19 heavy (non-hydrogen) atoms. The van der Waals surface area contributed by atoms with Crippen molar-refractivity contribution in [2.75, 3.05) is 6.54 Å². The van der Waals surface area contributed by atoms with Crippen molar-refractivity contribution in [3.05, 3.63) is 0 Å². The minimum atomic E-state index is -0.433. The fourth-order valence-corrected chi connectivity index (χ4v) is 2.65. The first-order chi connectivity index (χ1) is 8.78. The molecule has 0 radical (unpaired) electrons. The average molecular weight is 270 g/mol. The Balaban J connectivity index is 2.20. The Morgan fingerprint density at radius 3 is 2.37 bits per heavy atom. The maximum atomic E-state index is 11.5. The van der Waals surface area contributed by atoms with Gasteiger partial charge in [-0.2, -0.15) is 0 Å². The van der Waals surface area contributed by atoms with Gasteiger partial charge in [0.05, 0.1) is 0 Å². The molecule has 4 nitrogen and oxygen atoms in total. The van der Waals surface area contributed by atoms with Crippen LogP contribution in [0, 0.1) is 5.92 Å². The SMILES string of the molecule is CC(CNC(=O)OC(C)(C)C)N[C@@H](C)C1CCCC1. The van der Waals surface area contributed by atoms with Crippen molar-refractivity contribution in [3.8, 4) is 0 Å². The van der Waals surface area contributed by atoms with E-state index in [1.165, 1.54) is 25.7 Å². The molecule has 4 heteroatoms. The number of amides is 1. The zero-order valence-electron chi connectivity index (χ0n) is 13.1. The predicted octanol–water partition coefficient (Wildman–Crippen LogP) is 3.07. The van der Waals surface area contributed by atoms with E-state index in [2.05, 4.69) is 24.5 Å². The Morgan fingerprint density at radius 2 is 1.84 bits per heavy atom. The maximum Gasteiger partial charge on any atom is 0.407 e. The number of nitrogens with one attached hydrogen (secondary N) is 2. The predicted molar refractivity (Wildman–Crippen MR) is 78.3 cm³/mol. The van der Waals surface area contributed by atoms with Crippen LogP contribution < -0.4 is 10.6 Å². The van der Waals surface area contributed by atoms with Crippen LogP contribution in [0.1, 0.15) is 60.3 Å². The molecule has 1 amide bonds. The summed E-state index contributed by atoms with van der Waals surface area (Å²) in [5, 5.41) is 6.38. The monoisotopic (exact) mass is 270 g/mol. The van der Waals surface area contributed by atoms with Crippen LogP contribution >= 0.6 is 0 Å². The molecule has 1 saturated carbocycles. The molecule has 1 fully saturated rings. The highest BCUT2D eigenvalue weighted by molar-refractivity contribution is 5.67. The Morgan fingerprint density at radius 1 is 1.26 bits per heavy atom. The molecule has 1 aliphatic rings. The Labute approximate surface area is 117 Å². The molecule has 0 bridgehead atoms. The molecule has 0 spiro atoms. The second kappa shape index (κ2) is 7.13. The van der Waals surface area contributed by atoms with Crippen LogP contribution in [0.4, 0.5) is 4.79 Å². The third-order valence-electron chi connectivity index (χ3n) is 3.61. The molecule has 0 aromatic carbocycles. The second-order valence-electron chi connectivity index (χ2n) is 6.78. The lowest BCUT2D eigenvalue weighted by Crippen LogP contribution is -2.45. The molecule has 1 aliphatic carbocycles. The first-order valence-corrected chi connectivity index (χ1v) is 7.51. The molecule has 0 saturated heterocycles. The normalized spacial score (nSPS) is 20.1. The van der Waals surface area contributed by atoms with E-state index < -0.39 is 5.60 Å². The summed E-state index contributed by atoms with van der Waals surface area (Å²) < 4.78 is 5.22. The van der Waals surface area contributed by atoms with Crippen LogP contribution in [0.3, 0.4) is 0 Å². The first kappa shape index (κ1) is 16.3. The molecule has 0 heterocycles. The van der Waals surface area contributed by atoms with Gasteiger partial charge in [-0.1, -0.05) is 12.8 Å². The molecule has 112 valence electrons. The van der Waals surface area contributed by atoms with Gasteiger partial charge in [0.25, 0.3) is 0 Å². The number of carbonyl (C=O) groups is 1. The third kappa shape index (κ3) is 6.81. The van der Waals surface area contributed by atoms with Gasteiger partial charge in [0, 0.05) is 18.6 Å². The van der Waals surface area contributed by atoms with Crippen molar-refractivity contribution in [2.45, 2.75) is 78.0 Å². The van der Waals surface area contributed by atoms with Crippen molar-refractivity contribution >= 4 is 6.09 Å². The van der Waals surface area contributed by atoms with E-state index in [-0.39, 0.29) is 12.1 Å². The quantitative estimate of drug-likeness (QED) is 0.807. The van der Waals surface area contributed by atoms with Gasteiger partial charge in [-0.3, -0.25) is 0 Å². The summed E-state index contributed by atoms with van der Waals surface area (Å²) in [7, 11) is 0. The highest BCUT2D eigenvalue weighted by atomic mass is 16.6. The van der Waals surface area contributed by atoms with E-state index >= 15 is 0 Å². The summed E-state index contributed by atoms with van der Waals surface area (Å²) >= 11 is 0. The van der Waals surface area contributed by atoms with Gasteiger partial charge in [-0.05, 0) is 53.4 Å². The smallest absolute Gasteiger partial charge is 0.407 e. The first-order valence-electron chi connectivity index (χ1n) is 7.51. The molecule has 2 N–H and O–H groups in total. The summed E-state index contributed by atoms with van der Waals surface area (Å²) in [6, 6.07) is 0.793. The largest absolute Gasteiger partial charge is 0.444 e. The van der Waals surface area contributed by atoms with Crippen molar-refractivity contribution in [3.63, 3.8) is 0 Å². The number of hydrogen-bond acceptors (Lipinski definition) is 3. The number of ether oxygens (including phenoxy) is 1. The minimum Gasteiger partial charge on any atom is -0.444 e. The van der Waals surface area contributed by atoms with Crippen molar-refractivity contribution < 1.29 is 9.53 Å². The standard InChI is InChI=1S/C15H30N2O2/c1-11(10-16-14(18)19-15(3,4)5)17-12(2)13-8-6-7-9-13/h11-13,17H,6-10H2,1-5H3,(H,16,18)/t11?,12-/m0/s1. The molecule has 1 unspecified atom stereocenters. The Bertz CT molecular complexity index is 280. The topological polar surface area (TPSA) is 50.4 Å². The zero-order chi connectivity index (χ0) is 14.5. The zero-order valence-corrected chi connectivity index (χ0v) is 13.1. The van der Waals surface area contributed by atoms with E-state index in [4.69, 9.17) is 4.74 Å². The van der Waals surface area contributed by atoms with E-state index in [9.17, 15) is 4.79 Å². The lowest BCUT2D eigenvalue weighted by atomic mass is 9.99. The van der Waals surface area contributed by atoms with Crippen molar-refractivity contribution in [2.24, 2.45) is 5.92 Å². The van der Waals surface area contributed by atoms with Gasteiger partial charge in [0.15, 0.2) is 0 Å². The lowest BCUT2D eigenvalue weighted by molar-refractivity contribution is 0.0522. The van der Waals surface area contributed by atoms with Gasteiger partial charge < -0.3 is 15.4 Å². The van der Waals surface area contributed by atoms with Gasteiger partial charge in [0.1, 0.15) is 5.60 Å². The molecular weight excluding hydrogens is 240 g/mol. The number of alkyl carbamates (subject to hydrolysis) is 1. The van der Waals surface area contributed by atoms with E-state index in [0.29, 0.717) is 12.6 Å². The average Bonchev–Trinajstić information content (AvgIpc) is 2.77. The molecular formula is C15H30N2O2. The van der Waals surface area contributed by atoms with Crippen LogP contribution in [0.25, 0.3) is 0 Å². The summed E-state index contributed by atoms with van der Waals surface area (Å²) in [5.74, 6) is 0.795. The maximum absolute atomic E-state index is 11.5. The van der Waals surface area contributed by atoms with Gasteiger partial charge in [-0.15, -0.1) is 0 Å². The second-order valence-corrected chi connectivity index (χ2v) is 6.78. The van der Waals surface area contributed by atoms with E-state index in [1.54, 1.807) is 0 Å². The van der Waals surface area contributed by atoms with E-state index in [1.807, 2.05) is 20.8 Å². The van der Waals surface area contributed by atoms with Crippen LogP contribution in [0.2, 0.25) is 0 Å². The van der Waals surface area contributed by atoms with Gasteiger partial charge >= 0.3 is 6.09 Å². The number of hydrogen-bond donors (Lipinski definition) is 2. The fourth-order valence-electron chi connectivity index (χ4n) is 2.65. The molecule has 2 atom stereocenters. The summed E-state index contributed by atoms with van der Waals surface area (Å²) in [4.78, 5) is 11.5. The third-order valence-corrected chi connectivity index (χ3v) is 3.61. The minimum absolute atomic E-state index is 0.267.